The Morgan fingerprint density at radius 1 is 1.32 bits per heavy atom. The van der Waals surface area contributed by atoms with E-state index >= 15 is 0 Å². The zero-order valence-corrected chi connectivity index (χ0v) is 12.5. The number of esters is 1. The molecule has 0 aliphatic heterocycles. The Hall–Kier alpha value is -2.45. The first kappa shape index (κ1) is 17.6. The number of nitrogens with one attached hydrogen (secondary N) is 1. The maximum Gasteiger partial charge on any atom is 0.412 e. The number of pyridine rings is 1. The zero-order chi connectivity index (χ0) is 16.9. The van der Waals surface area contributed by atoms with E-state index in [0.717, 1.165) is 19.4 Å². The molecule has 0 fully saturated rings. The monoisotopic (exact) mass is 318 g/mol. The number of ether oxygens (including phenoxy) is 3. The molecule has 122 valence electrons. The molecular weight excluding hydrogens is 302 g/mol. The fourth-order valence-electron chi connectivity index (χ4n) is 1.36. The van der Waals surface area contributed by atoms with E-state index in [1.807, 2.05) is 0 Å². The number of anilines is 1. The van der Waals surface area contributed by atoms with Crippen LogP contribution in [0.25, 0.3) is 0 Å². The van der Waals surface area contributed by atoms with Gasteiger partial charge in [-0.15, -0.1) is 0 Å². The highest BCUT2D eigenvalue weighted by atomic mass is 19.3. The van der Waals surface area contributed by atoms with Crippen LogP contribution >= 0.6 is 0 Å². The maximum absolute atomic E-state index is 12.3. The first-order chi connectivity index (χ1) is 10.1. The topological polar surface area (TPSA) is 86.8 Å². The molecule has 0 aliphatic rings. The number of alkyl halides is 2. The van der Waals surface area contributed by atoms with Gasteiger partial charge < -0.3 is 14.2 Å². The number of hydrogen-bond acceptors (Lipinski definition) is 6. The quantitative estimate of drug-likeness (QED) is 0.859. The summed E-state index contributed by atoms with van der Waals surface area (Å²) in [5.74, 6) is -1.20. The van der Waals surface area contributed by atoms with E-state index in [9.17, 15) is 18.4 Å². The Kier molecular flexibility index (Phi) is 5.61. The Balaban J connectivity index is 3.05. The second kappa shape index (κ2) is 7.01. The van der Waals surface area contributed by atoms with E-state index in [4.69, 9.17) is 4.74 Å². The van der Waals surface area contributed by atoms with E-state index in [-0.39, 0.29) is 11.4 Å². The van der Waals surface area contributed by atoms with Crippen molar-refractivity contribution in [2.45, 2.75) is 33.0 Å². The Bertz CT molecular complexity index is 558. The lowest BCUT2D eigenvalue weighted by Crippen LogP contribution is -2.27. The predicted molar refractivity (Wildman–Crippen MR) is 72.1 cm³/mol. The number of methoxy groups -OCH3 is 1. The highest BCUT2D eigenvalue weighted by molar-refractivity contribution is 5.92. The summed E-state index contributed by atoms with van der Waals surface area (Å²) in [6.45, 7) is 1.78. The number of carbonyl (C=O) groups excluding carboxylic acids is 2. The van der Waals surface area contributed by atoms with Crippen LogP contribution in [0.4, 0.5) is 19.3 Å². The maximum atomic E-state index is 12.3. The first-order valence-corrected chi connectivity index (χ1v) is 6.15. The van der Waals surface area contributed by atoms with Crippen molar-refractivity contribution >= 4 is 17.7 Å². The van der Waals surface area contributed by atoms with Gasteiger partial charge in [0.05, 0.1) is 19.0 Å². The summed E-state index contributed by atoms with van der Waals surface area (Å²) in [4.78, 5) is 26.7. The molecule has 0 spiro atoms. The molecule has 1 aromatic rings. The standard InChI is InChI=1S/C13H16F2N2O5/c1-13(2,3)22-12(19)17-7-5-8(10(18)20-4)16-6-9(7)21-11(14)15/h5-6,11H,1-4H3,(H,16,17,19). The third-order valence-corrected chi connectivity index (χ3v) is 2.11. The number of amides is 1. The van der Waals surface area contributed by atoms with Crippen molar-refractivity contribution in [1.29, 1.82) is 0 Å². The summed E-state index contributed by atoms with van der Waals surface area (Å²) in [6.07, 6.45) is -0.0147. The molecule has 0 aromatic carbocycles. The van der Waals surface area contributed by atoms with Crippen LogP contribution in [0.1, 0.15) is 31.3 Å². The third-order valence-electron chi connectivity index (χ3n) is 2.11. The van der Waals surface area contributed by atoms with Gasteiger partial charge in [-0.2, -0.15) is 8.78 Å². The summed E-state index contributed by atoms with van der Waals surface area (Å²) in [6, 6.07) is 1.05. The minimum absolute atomic E-state index is 0.185. The van der Waals surface area contributed by atoms with Crippen LogP contribution in [0, 0.1) is 0 Å². The van der Waals surface area contributed by atoms with Crippen LogP contribution in [0.3, 0.4) is 0 Å². The number of nitrogens with zero attached hydrogens (tertiary/aromatic N) is 1. The first-order valence-electron chi connectivity index (χ1n) is 6.15. The van der Waals surface area contributed by atoms with Gasteiger partial charge in [-0.3, -0.25) is 5.32 Å². The fraction of sp³-hybridized carbons (Fsp3) is 0.462. The minimum atomic E-state index is -3.12. The van der Waals surface area contributed by atoms with E-state index in [1.165, 1.54) is 0 Å². The summed E-state index contributed by atoms with van der Waals surface area (Å²) in [7, 11) is 1.13. The number of aromatic nitrogens is 1. The number of halogens is 2. The van der Waals surface area contributed by atoms with Gasteiger partial charge in [0.15, 0.2) is 11.4 Å². The number of carbonyl (C=O) groups is 2. The van der Waals surface area contributed by atoms with Crippen molar-refractivity contribution in [1.82, 2.24) is 4.98 Å². The second-order valence-corrected chi connectivity index (χ2v) is 5.06. The molecule has 0 saturated carbocycles. The molecule has 1 heterocycles. The zero-order valence-electron chi connectivity index (χ0n) is 12.5. The lowest BCUT2D eigenvalue weighted by molar-refractivity contribution is -0.0496. The normalized spacial score (nSPS) is 11.0. The highest BCUT2D eigenvalue weighted by Crippen LogP contribution is 2.26. The van der Waals surface area contributed by atoms with Gasteiger partial charge in [0.2, 0.25) is 0 Å². The predicted octanol–water partition coefficient (Wildman–Crippen LogP) is 2.82. The van der Waals surface area contributed by atoms with Gasteiger partial charge in [0.1, 0.15) is 5.60 Å². The van der Waals surface area contributed by atoms with E-state index in [0.29, 0.717) is 0 Å². The average molecular weight is 318 g/mol. The van der Waals surface area contributed by atoms with Gasteiger partial charge in [-0.25, -0.2) is 14.6 Å². The minimum Gasteiger partial charge on any atom is -0.464 e. The lowest BCUT2D eigenvalue weighted by Gasteiger charge is -2.20. The summed E-state index contributed by atoms with van der Waals surface area (Å²) >= 11 is 0. The molecule has 0 atom stereocenters. The lowest BCUT2D eigenvalue weighted by atomic mass is 10.2. The summed E-state index contributed by atoms with van der Waals surface area (Å²) < 4.78 is 38.4. The molecule has 0 bridgehead atoms. The molecule has 1 aromatic heterocycles. The van der Waals surface area contributed by atoms with Crippen LogP contribution in [-0.4, -0.2) is 36.4 Å². The van der Waals surface area contributed by atoms with Crippen molar-refractivity contribution in [2.24, 2.45) is 0 Å². The van der Waals surface area contributed by atoms with Crippen molar-refractivity contribution < 1.29 is 32.6 Å². The van der Waals surface area contributed by atoms with Crippen molar-refractivity contribution in [3.05, 3.63) is 18.0 Å². The van der Waals surface area contributed by atoms with Crippen LogP contribution in [0.5, 0.6) is 5.75 Å². The Labute approximate surface area is 125 Å². The molecule has 1 rings (SSSR count). The Morgan fingerprint density at radius 2 is 1.95 bits per heavy atom. The largest absolute Gasteiger partial charge is 0.464 e. The third kappa shape index (κ3) is 5.51. The molecule has 9 heteroatoms. The molecule has 0 saturated heterocycles. The van der Waals surface area contributed by atoms with Crippen molar-refractivity contribution in [2.75, 3.05) is 12.4 Å². The molecule has 0 unspecified atom stereocenters. The second-order valence-electron chi connectivity index (χ2n) is 5.06. The van der Waals surface area contributed by atoms with Gasteiger partial charge in [0, 0.05) is 0 Å². The van der Waals surface area contributed by atoms with Crippen LogP contribution in [0.2, 0.25) is 0 Å². The van der Waals surface area contributed by atoms with Crippen LogP contribution < -0.4 is 10.1 Å². The van der Waals surface area contributed by atoms with E-state index < -0.39 is 30.0 Å². The molecule has 22 heavy (non-hydrogen) atoms. The van der Waals surface area contributed by atoms with Crippen molar-refractivity contribution in [3.8, 4) is 5.75 Å². The smallest absolute Gasteiger partial charge is 0.412 e. The molecule has 7 nitrogen and oxygen atoms in total. The SMILES string of the molecule is COC(=O)c1cc(NC(=O)OC(C)(C)C)c(OC(F)F)cn1. The van der Waals surface area contributed by atoms with Gasteiger partial charge >= 0.3 is 18.7 Å². The van der Waals surface area contributed by atoms with Gasteiger partial charge in [-0.1, -0.05) is 0 Å². The summed E-state index contributed by atoms with van der Waals surface area (Å²) in [5.41, 5.74) is -1.16. The Morgan fingerprint density at radius 3 is 2.45 bits per heavy atom. The molecule has 0 radical (unpaired) electrons. The highest BCUT2D eigenvalue weighted by Gasteiger charge is 2.20. The summed E-state index contributed by atoms with van der Waals surface area (Å²) in [5, 5.41) is 2.22. The number of rotatable bonds is 4. The van der Waals surface area contributed by atoms with Gasteiger partial charge in [0.25, 0.3) is 0 Å². The fourth-order valence-corrected chi connectivity index (χ4v) is 1.36. The molecule has 0 aliphatic carbocycles. The van der Waals surface area contributed by atoms with Crippen LogP contribution in [-0.2, 0) is 9.47 Å². The van der Waals surface area contributed by atoms with Gasteiger partial charge in [-0.05, 0) is 26.8 Å². The van der Waals surface area contributed by atoms with Crippen molar-refractivity contribution in [3.63, 3.8) is 0 Å². The molecular formula is C13H16F2N2O5. The molecule has 1 amide bonds. The van der Waals surface area contributed by atoms with E-state index in [1.54, 1.807) is 20.8 Å². The molecule has 1 N–H and O–H groups in total. The van der Waals surface area contributed by atoms with E-state index in [2.05, 4.69) is 19.8 Å². The number of hydrogen-bond donors (Lipinski definition) is 1. The van der Waals surface area contributed by atoms with Crippen LogP contribution in [0.15, 0.2) is 12.3 Å². The average Bonchev–Trinajstić information content (AvgIpc) is 2.37.